The Balaban J connectivity index is 1.80. The molecule has 0 radical (unpaired) electrons. The topological polar surface area (TPSA) is 154 Å². The maximum absolute atomic E-state index is 12.0. The Hall–Kier alpha value is -2.05. The molecule has 2 aliphatic rings. The van der Waals surface area contributed by atoms with Gasteiger partial charge in [-0.25, -0.2) is 9.48 Å². The predicted octanol–water partition coefficient (Wildman–Crippen LogP) is 0.518. The van der Waals surface area contributed by atoms with Crippen molar-refractivity contribution in [3.63, 3.8) is 0 Å². The van der Waals surface area contributed by atoms with Crippen molar-refractivity contribution in [3.8, 4) is 0 Å². The van der Waals surface area contributed by atoms with Gasteiger partial charge in [0, 0.05) is 6.04 Å². The van der Waals surface area contributed by atoms with Crippen LogP contribution in [0.3, 0.4) is 0 Å². The SMILES string of the molecule is O=C(O)N(c1nc(Cl)nc2c1cnn2[C@@H]1O[C@H](CO)[C@@H](O)[C@H]1O)C1CCCC1. The molecule has 2 aromatic heterocycles. The highest BCUT2D eigenvalue weighted by atomic mass is 35.5. The molecule has 0 aromatic carbocycles. The summed E-state index contributed by atoms with van der Waals surface area (Å²) in [5.74, 6) is 0.118. The summed E-state index contributed by atoms with van der Waals surface area (Å²) < 4.78 is 6.71. The van der Waals surface area contributed by atoms with E-state index in [1.54, 1.807) is 0 Å². The normalized spacial score (nSPS) is 28.3. The van der Waals surface area contributed by atoms with Crippen molar-refractivity contribution in [1.29, 1.82) is 0 Å². The van der Waals surface area contributed by atoms with Crippen LogP contribution in [0.2, 0.25) is 5.28 Å². The summed E-state index contributed by atoms with van der Waals surface area (Å²) in [6.45, 7) is -0.483. The number of hydrogen-bond donors (Lipinski definition) is 4. The first-order valence-corrected chi connectivity index (χ1v) is 9.35. The molecule has 152 valence electrons. The van der Waals surface area contributed by atoms with Crippen LogP contribution in [0.25, 0.3) is 11.0 Å². The van der Waals surface area contributed by atoms with Crippen LogP contribution in [0.5, 0.6) is 0 Å². The molecule has 28 heavy (non-hydrogen) atoms. The van der Waals surface area contributed by atoms with E-state index in [4.69, 9.17) is 16.3 Å². The summed E-state index contributed by atoms with van der Waals surface area (Å²) in [5.41, 5.74) is 0.161. The fourth-order valence-electron chi connectivity index (χ4n) is 3.92. The highest BCUT2D eigenvalue weighted by Gasteiger charge is 2.44. The van der Waals surface area contributed by atoms with E-state index >= 15 is 0 Å². The Labute approximate surface area is 164 Å². The van der Waals surface area contributed by atoms with Crippen molar-refractivity contribution >= 4 is 34.5 Å². The zero-order valence-corrected chi connectivity index (χ0v) is 15.5. The Bertz CT molecular complexity index is 888. The van der Waals surface area contributed by atoms with Crippen molar-refractivity contribution < 1.29 is 30.0 Å². The van der Waals surface area contributed by atoms with Crippen molar-refractivity contribution in [3.05, 3.63) is 11.5 Å². The molecule has 1 amide bonds. The van der Waals surface area contributed by atoms with Crippen LogP contribution >= 0.6 is 11.6 Å². The summed E-state index contributed by atoms with van der Waals surface area (Å²) in [6.07, 6.45) is -1.24. The van der Waals surface area contributed by atoms with Crippen LogP contribution in [0.4, 0.5) is 10.6 Å². The first-order chi connectivity index (χ1) is 13.4. The average molecular weight is 414 g/mol. The third kappa shape index (κ3) is 3.08. The molecule has 0 unspecified atom stereocenters. The van der Waals surface area contributed by atoms with Gasteiger partial charge in [-0.15, -0.1) is 0 Å². The molecule has 11 nitrogen and oxygen atoms in total. The molecule has 4 atom stereocenters. The number of aliphatic hydroxyl groups excluding tert-OH is 3. The summed E-state index contributed by atoms with van der Waals surface area (Å²) in [4.78, 5) is 21.4. The van der Waals surface area contributed by atoms with Crippen molar-refractivity contribution in [2.24, 2.45) is 0 Å². The summed E-state index contributed by atoms with van der Waals surface area (Å²) >= 11 is 6.06. The van der Waals surface area contributed by atoms with Crippen molar-refractivity contribution in [2.45, 2.75) is 56.3 Å². The number of ether oxygens (including phenoxy) is 1. The number of fused-ring (bicyclic) bond motifs is 1. The van der Waals surface area contributed by atoms with Crippen LogP contribution in [-0.4, -0.2) is 77.2 Å². The van der Waals surface area contributed by atoms with Gasteiger partial charge in [-0.3, -0.25) is 4.90 Å². The van der Waals surface area contributed by atoms with Crippen molar-refractivity contribution in [1.82, 2.24) is 19.7 Å². The highest BCUT2D eigenvalue weighted by molar-refractivity contribution is 6.28. The first kappa shape index (κ1) is 19.3. The smallest absolute Gasteiger partial charge is 0.413 e. The monoisotopic (exact) mass is 413 g/mol. The lowest BCUT2D eigenvalue weighted by Crippen LogP contribution is -2.38. The van der Waals surface area contributed by atoms with E-state index in [-0.39, 0.29) is 22.8 Å². The lowest BCUT2D eigenvalue weighted by atomic mass is 10.1. The molecule has 0 spiro atoms. The van der Waals surface area contributed by atoms with Crippen LogP contribution in [0, 0.1) is 0 Å². The van der Waals surface area contributed by atoms with Crippen molar-refractivity contribution in [2.75, 3.05) is 11.5 Å². The number of aliphatic hydroxyl groups is 3. The zero-order valence-electron chi connectivity index (χ0n) is 14.7. The standard InChI is InChI=1S/C16H20ClN5O6/c17-15-19-12(21(16(26)27)7-3-1-2-4-7)8-5-18-22(13(8)20-15)14-11(25)10(24)9(6-23)28-14/h5,7,9-11,14,23-25H,1-4,6H2,(H,26,27)/t9-,10-,11-,14-/m1/s1. The van der Waals surface area contributed by atoms with E-state index in [1.165, 1.54) is 15.8 Å². The molecule has 1 aliphatic carbocycles. The Morgan fingerprint density at radius 3 is 2.61 bits per heavy atom. The first-order valence-electron chi connectivity index (χ1n) is 8.97. The minimum absolute atomic E-state index is 0.118. The van der Waals surface area contributed by atoms with Gasteiger partial charge in [0.2, 0.25) is 5.28 Å². The summed E-state index contributed by atoms with van der Waals surface area (Å²) in [6, 6.07) is -0.219. The lowest BCUT2D eigenvalue weighted by Gasteiger charge is -2.25. The molecule has 1 aliphatic heterocycles. The third-order valence-electron chi connectivity index (χ3n) is 5.29. The second kappa shape index (κ2) is 7.41. The molecule has 3 heterocycles. The number of rotatable bonds is 4. The second-order valence-corrected chi connectivity index (χ2v) is 7.30. The fraction of sp³-hybridized carbons (Fsp3) is 0.625. The van der Waals surface area contributed by atoms with Gasteiger partial charge in [0.25, 0.3) is 0 Å². The Morgan fingerprint density at radius 2 is 2.00 bits per heavy atom. The number of amides is 1. The number of anilines is 1. The van der Waals surface area contributed by atoms with E-state index < -0.39 is 37.2 Å². The summed E-state index contributed by atoms with van der Waals surface area (Å²) in [5, 5.41) is 43.6. The molecule has 0 bridgehead atoms. The highest BCUT2D eigenvalue weighted by Crippen LogP contribution is 2.35. The Kier molecular flexibility index (Phi) is 5.10. The molecule has 2 fully saturated rings. The van der Waals surface area contributed by atoms with Crippen LogP contribution in [0.1, 0.15) is 31.9 Å². The van der Waals surface area contributed by atoms with Gasteiger partial charge in [-0.1, -0.05) is 12.8 Å². The molecular formula is C16H20ClN5O6. The van der Waals surface area contributed by atoms with Gasteiger partial charge in [-0.2, -0.15) is 15.1 Å². The number of halogens is 1. The van der Waals surface area contributed by atoms with Gasteiger partial charge in [-0.05, 0) is 24.4 Å². The molecule has 4 rings (SSSR count). The van der Waals surface area contributed by atoms with E-state index in [0.717, 1.165) is 25.7 Å². The quantitative estimate of drug-likeness (QED) is 0.525. The molecular weight excluding hydrogens is 394 g/mol. The van der Waals surface area contributed by atoms with E-state index in [0.29, 0.717) is 5.39 Å². The van der Waals surface area contributed by atoms with E-state index in [1.807, 2.05) is 0 Å². The maximum Gasteiger partial charge on any atom is 0.413 e. The maximum atomic E-state index is 12.0. The van der Waals surface area contributed by atoms with Gasteiger partial charge < -0.3 is 25.2 Å². The zero-order chi connectivity index (χ0) is 20.0. The van der Waals surface area contributed by atoms with E-state index in [9.17, 15) is 25.2 Å². The minimum Gasteiger partial charge on any atom is -0.465 e. The molecule has 2 aromatic rings. The molecule has 1 saturated carbocycles. The number of nitrogens with zero attached hydrogens (tertiary/aromatic N) is 5. The minimum atomic E-state index is -1.36. The Morgan fingerprint density at radius 1 is 1.29 bits per heavy atom. The molecule has 12 heteroatoms. The molecule has 1 saturated heterocycles. The van der Waals surface area contributed by atoms with Gasteiger partial charge >= 0.3 is 6.09 Å². The van der Waals surface area contributed by atoms with E-state index in [2.05, 4.69) is 15.1 Å². The average Bonchev–Trinajstić information content (AvgIpc) is 3.37. The third-order valence-corrected chi connectivity index (χ3v) is 5.46. The lowest BCUT2D eigenvalue weighted by molar-refractivity contribution is -0.0566. The van der Waals surface area contributed by atoms with Crippen LogP contribution in [0.15, 0.2) is 6.20 Å². The number of carboxylic acid groups (broad SMARTS) is 1. The second-order valence-electron chi connectivity index (χ2n) is 6.96. The van der Waals surface area contributed by atoms with Gasteiger partial charge in [0.05, 0.1) is 18.2 Å². The van der Waals surface area contributed by atoms with Crippen LogP contribution in [-0.2, 0) is 4.74 Å². The number of hydrogen-bond acceptors (Lipinski definition) is 8. The van der Waals surface area contributed by atoms with Gasteiger partial charge in [0.1, 0.15) is 18.3 Å². The fourth-order valence-corrected chi connectivity index (χ4v) is 4.08. The molecule has 4 N–H and O–H groups in total. The van der Waals surface area contributed by atoms with Crippen LogP contribution < -0.4 is 4.90 Å². The number of aromatic nitrogens is 4. The number of carbonyl (C=O) groups is 1. The predicted molar refractivity (Wildman–Crippen MR) is 96.1 cm³/mol. The van der Waals surface area contributed by atoms with Gasteiger partial charge in [0.15, 0.2) is 17.7 Å². The summed E-state index contributed by atoms with van der Waals surface area (Å²) in [7, 11) is 0. The largest absolute Gasteiger partial charge is 0.465 e.